The van der Waals surface area contributed by atoms with E-state index in [1.165, 1.54) is 0 Å². The van der Waals surface area contributed by atoms with E-state index in [0.717, 1.165) is 0 Å². The number of aromatic nitrogens is 2. The van der Waals surface area contributed by atoms with Gasteiger partial charge in [0, 0.05) is 24.5 Å². The molecule has 0 radical (unpaired) electrons. The molecule has 0 aromatic carbocycles. The van der Waals surface area contributed by atoms with E-state index in [0.29, 0.717) is 51.4 Å². The summed E-state index contributed by atoms with van der Waals surface area (Å²) >= 11 is 0. The molecule has 22 heavy (non-hydrogen) atoms. The minimum absolute atomic E-state index is 0.472. The minimum atomic E-state index is 0.472. The van der Waals surface area contributed by atoms with Crippen LogP contribution in [0.2, 0.25) is 0 Å². The molecular weight excluding hydrogens is 284 g/mol. The highest BCUT2D eigenvalue weighted by Gasteiger charge is 1.95. The quantitative estimate of drug-likeness (QED) is 0.591. The molecule has 0 saturated carbocycles. The maximum Gasteiger partial charge on any atom is 0.213 e. The third-order valence-electron chi connectivity index (χ3n) is 2.60. The molecule has 2 heterocycles. The van der Waals surface area contributed by atoms with Crippen LogP contribution in [0.25, 0.3) is 0 Å². The molecule has 2 rings (SSSR count). The Morgan fingerprint density at radius 2 is 1.05 bits per heavy atom. The molecule has 2 aromatic heterocycles. The first-order chi connectivity index (χ1) is 10.9. The summed E-state index contributed by atoms with van der Waals surface area (Å²) in [4.78, 5) is 8.10. The Hall–Kier alpha value is -2.18. The Morgan fingerprint density at radius 1 is 0.591 bits per heavy atom. The predicted molar refractivity (Wildman–Crippen MR) is 81.1 cm³/mol. The molecular formula is C16H20N2O4. The van der Waals surface area contributed by atoms with E-state index in [1.54, 1.807) is 12.4 Å². The second kappa shape index (κ2) is 10.5. The van der Waals surface area contributed by atoms with Crippen LogP contribution in [0.3, 0.4) is 0 Å². The molecule has 0 saturated heterocycles. The lowest BCUT2D eigenvalue weighted by molar-refractivity contribution is 0.0265. The van der Waals surface area contributed by atoms with Crippen LogP contribution in [0.4, 0.5) is 0 Å². The van der Waals surface area contributed by atoms with Gasteiger partial charge in [-0.3, -0.25) is 0 Å². The summed E-state index contributed by atoms with van der Waals surface area (Å²) in [5.41, 5.74) is 0. The van der Waals surface area contributed by atoms with Crippen molar-refractivity contribution in [1.82, 2.24) is 9.97 Å². The fourth-order valence-electron chi connectivity index (χ4n) is 1.60. The second-order valence-electron chi connectivity index (χ2n) is 4.26. The van der Waals surface area contributed by atoms with Crippen LogP contribution < -0.4 is 9.47 Å². The Labute approximate surface area is 130 Å². The van der Waals surface area contributed by atoms with Crippen molar-refractivity contribution in [2.24, 2.45) is 0 Å². The van der Waals surface area contributed by atoms with Crippen LogP contribution in [-0.4, -0.2) is 49.6 Å². The fraction of sp³-hybridized carbons (Fsp3) is 0.375. The topological polar surface area (TPSA) is 62.7 Å². The maximum atomic E-state index is 5.40. The van der Waals surface area contributed by atoms with Gasteiger partial charge in [0.25, 0.3) is 0 Å². The van der Waals surface area contributed by atoms with Crippen molar-refractivity contribution >= 4 is 0 Å². The summed E-state index contributed by atoms with van der Waals surface area (Å²) in [7, 11) is 0. The smallest absolute Gasteiger partial charge is 0.213 e. The standard InChI is InChI=1S/C16H20N2O4/c1-3-7-17-15(5-1)21-13-11-19-9-10-20-12-14-22-16-6-2-4-8-18-16/h1-8H,9-14H2. The molecule has 0 aliphatic rings. The fourth-order valence-corrected chi connectivity index (χ4v) is 1.60. The molecule has 118 valence electrons. The summed E-state index contributed by atoms with van der Waals surface area (Å²) in [5.74, 6) is 1.21. The summed E-state index contributed by atoms with van der Waals surface area (Å²) in [5, 5.41) is 0. The van der Waals surface area contributed by atoms with E-state index in [1.807, 2.05) is 36.4 Å². The summed E-state index contributed by atoms with van der Waals surface area (Å²) in [6, 6.07) is 11.1. The lowest BCUT2D eigenvalue weighted by atomic mass is 10.5. The second-order valence-corrected chi connectivity index (χ2v) is 4.26. The Balaban J connectivity index is 1.37. The van der Waals surface area contributed by atoms with Crippen molar-refractivity contribution < 1.29 is 18.9 Å². The lowest BCUT2D eigenvalue weighted by Gasteiger charge is -2.07. The third kappa shape index (κ3) is 7.01. The van der Waals surface area contributed by atoms with E-state index in [4.69, 9.17) is 18.9 Å². The van der Waals surface area contributed by atoms with Gasteiger partial charge in [0.05, 0.1) is 26.4 Å². The SMILES string of the molecule is c1ccc(OCCOCCOCCOc2ccccn2)nc1. The molecule has 0 amide bonds. The van der Waals surface area contributed by atoms with Crippen LogP contribution in [0.15, 0.2) is 48.8 Å². The van der Waals surface area contributed by atoms with Gasteiger partial charge >= 0.3 is 0 Å². The molecule has 2 aromatic rings. The molecule has 0 atom stereocenters. The molecule has 0 bridgehead atoms. The summed E-state index contributed by atoms with van der Waals surface area (Å²) in [6.45, 7) is 3.00. The number of rotatable bonds is 11. The first-order valence-corrected chi connectivity index (χ1v) is 7.18. The van der Waals surface area contributed by atoms with Gasteiger partial charge in [0.15, 0.2) is 0 Å². The van der Waals surface area contributed by atoms with Crippen molar-refractivity contribution in [3.8, 4) is 11.8 Å². The van der Waals surface area contributed by atoms with Crippen LogP contribution in [0.1, 0.15) is 0 Å². The Bertz CT molecular complexity index is 449. The van der Waals surface area contributed by atoms with Crippen molar-refractivity contribution in [3.05, 3.63) is 48.8 Å². The molecule has 0 N–H and O–H groups in total. The highest BCUT2D eigenvalue weighted by Crippen LogP contribution is 2.03. The van der Waals surface area contributed by atoms with E-state index in [-0.39, 0.29) is 0 Å². The van der Waals surface area contributed by atoms with Gasteiger partial charge in [-0.15, -0.1) is 0 Å². The highest BCUT2D eigenvalue weighted by molar-refractivity contribution is 5.09. The molecule has 0 aliphatic heterocycles. The zero-order valence-electron chi connectivity index (χ0n) is 12.4. The Kier molecular flexibility index (Phi) is 7.75. The van der Waals surface area contributed by atoms with Gasteiger partial charge in [-0.2, -0.15) is 0 Å². The van der Waals surface area contributed by atoms with Crippen LogP contribution in [-0.2, 0) is 9.47 Å². The van der Waals surface area contributed by atoms with E-state index in [9.17, 15) is 0 Å². The molecule has 6 nitrogen and oxygen atoms in total. The van der Waals surface area contributed by atoms with Crippen molar-refractivity contribution in [2.75, 3.05) is 39.6 Å². The lowest BCUT2D eigenvalue weighted by Crippen LogP contribution is -2.13. The van der Waals surface area contributed by atoms with E-state index >= 15 is 0 Å². The van der Waals surface area contributed by atoms with Crippen molar-refractivity contribution in [2.45, 2.75) is 0 Å². The van der Waals surface area contributed by atoms with Gasteiger partial charge in [0.1, 0.15) is 13.2 Å². The van der Waals surface area contributed by atoms with Crippen LogP contribution in [0.5, 0.6) is 11.8 Å². The van der Waals surface area contributed by atoms with Gasteiger partial charge in [0.2, 0.25) is 11.8 Å². The minimum Gasteiger partial charge on any atom is -0.475 e. The summed E-state index contributed by atoms with van der Waals surface area (Å²) < 4.78 is 21.6. The largest absolute Gasteiger partial charge is 0.475 e. The molecule has 0 unspecified atom stereocenters. The maximum absolute atomic E-state index is 5.40. The van der Waals surface area contributed by atoms with Crippen LogP contribution >= 0.6 is 0 Å². The molecule has 0 fully saturated rings. The Morgan fingerprint density at radius 3 is 1.45 bits per heavy atom. The number of hydrogen-bond donors (Lipinski definition) is 0. The molecule has 6 heteroatoms. The van der Waals surface area contributed by atoms with Gasteiger partial charge < -0.3 is 18.9 Å². The van der Waals surface area contributed by atoms with Crippen molar-refractivity contribution in [1.29, 1.82) is 0 Å². The number of hydrogen-bond acceptors (Lipinski definition) is 6. The number of nitrogens with zero attached hydrogens (tertiary/aromatic N) is 2. The molecule has 0 aliphatic carbocycles. The average molecular weight is 304 g/mol. The summed E-state index contributed by atoms with van der Waals surface area (Å²) in [6.07, 6.45) is 3.38. The average Bonchev–Trinajstić information content (AvgIpc) is 2.58. The number of pyridine rings is 2. The van der Waals surface area contributed by atoms with Gasteiger partial charge in [-0.25, -0.2) is 9.97 Å². The number of ether oxygens (including phenoxy) is 4. The zero-order chi connectivity index (χ0) is 15.3. The first-order valence-electron chi connectivity index (χ1n) is 7.18. The monoisotopic (exact) mass is 304 g/mol. The third-order valence-corrected chi connectivity index (χ3v) is 2.60. The highest BCUT2D eigenvalue weighted by atomic mass is 16.6. The van der Waals surface area contributed by atoms with Crippen LogP contribution in [0, 0.1) is 0 Å². The zero-order valence-corrected chi connectivity index (χ0v) is 12.4. The predicted octanol–water partition coefficient (Wildman–Crippen LogP) is 1.97. The normalized spacial score (nSPS) is 10.4. The van der Waals surface area contributed by atoms with Gasteiger partial charge in [-0.05, 0) is 12.1 Å². The first kappa shape index (κ1) is 16.2. The van der Waals surface area contributed by atoms with E-state index in [2.05, 4.69) is 9.97 Å². The molecule has 0 spiro atoms. The van der Waals surface area contributed by atoms with Gasteiger partial charge in [-0.1, -0.05) is 12.1 Å². The van der Waals surface area contributed by atoms with E-state index < -0.39 is 0 Å². The van der Waals surface area contributed by atoms with Crippen molar-refractivity contribution in [3.63, 3.8) is 0 Å².